The van der Waals surface area contributed by atoms with Gasteiger partial charge in [-0.3, -0.25) is 0 Å². The molecule has 2 aliphatic heterocycles. The number of rotatable bonds is 2. The predicted octanol–water partition coefficient (Wildman–Crippen LogP) is 7.96. The Balaban J connectivity index is 1.53. The summed E-state index contributed by atoms with van der Waals surface area (Å²) in [6.07, 6.45) is 1.05. The number of benzene rings is 4. The van der Waals surface area contributed by atoms with E-state index in [9.17, 15) is 0 Å². The molecule has 0 saturated carbocycles. The van der Waals surface area contributed by atoms with Crippen molar-refractivity contribution in [3.8, 4) is 0 Å². The number of anilines is 1. The number of para-hydroxylation sites is 1. The second kappa shape index (κ2) is 7.89. The molecular weight excluding hydrogens is 480 g/mol. The van der Waals surface area contributed by atoms with Crippen LogP contribution in [0.4, 0.5) is 5.69 Å². The molecule has 1 N–H and O–H groups in total. The first-order valence-corrected chi connectivity index (χ1v) is 12.8. The fourth-order valence-electron chi connectivity index (χ4n) is 6.42. The molecule has 0 radical (unpaired) electrons. The van der Waals surface area contributed by atoms with E-state index in [4.69, 9.17) is 0 Å². The quantitative estimate of drug-likeness (QED) is 0.258. The molecule has 3 atom stereocenters. The Labute approximate surface area is 208 Å². The molecule has 0 aliphatic carbocycles. The zero-order valence-electron chi connectivity index (χ0n) is 18.8. The first-order chi connectivity index (χ1) is 16.8. The number of nitrogens with one attached hydrogen (secondary N) is 1. The molecule has 3 heteroatoms. The SMILES string of the molecule is Brc1ccc2[nH]c3c(c2c1)CCN1c2ccccc2[C@@H](c2ccccc2)[C@H](c2ccccc2)[C@@H]31. The first kappa shape index (κ1) is 20.1. The number of aromatic amines is 1. The molecule has 0 spiro atoms. The van der Waals surface area contributed by atoms with Crippen molar-refractivity contribution in [2.24, 2.45) is 0 Å². The Hall–Kier alpha value is -3.30. The van der Waals surface area contributed by atoms with E-state index in [0.29, 0.717) is 5.92 Å². The van der Waals surface area contributed by atoms with Crippen LogP contribution in [0.3, 0.4) is 0 Å². The summed E-state index contributed by atoms with van der Waals surface area (Å²) in [5.74, 6) is 0.583. The van der Waals surface area contributed by atoms with E-state index in [2.05, 4.69) is 129 Å². The molecule has 0 bridgehead atoms. The van der Waals surface area contributed by atoms with Gasteiger partial charge in [-0.15, -0.1) is 0 Å². The third-order valence-corrected chi connectivity index (χ3v) is 8.25. The molecule has 0 unspecified atom stereocenters. The Morgan fingerprint density at radius 2 is 1.47 bits per heavy atom. The average Bonchev–Trinajstić information content (AvgIpc) is 3.27. The summed E-state index contributed by atoms with van der Waals surface area (Å²) in [6.45, 7) is 1.03. The van der Waals surface area contributed by atoms with Crippen LogP contribution in [0.2, 0.25) is 0 Å². The molecular formula is C31H25BrN2. The van der Waals surface area contributed by atoms with Gasteiger partial charge in [0.1, 0.15) is 0 Å². The molecule has 166 valence electrons. The lowest BCUT2D eigenvalue weighted by Gasteiger charge is -2.50. The van der Waals surface area contributed by atoms with Crippen molar-refractivity contribution in [1.82, 2.24) is 4.98 Å². The van der Waals surface area contributed by atoms with Crippen molar-refractivity contribution in [2.45, 2.75) is 24.3 Å². The second-order valence-electron chi connectivity index (χ2n) is 9.48. The Kier molecular flexibility index (Phi) is 4.66. The van der Waals surface area contributed by atoms with Gasteiger partial charge in [-0.1, -0.05) is 94.8 Å². The van der Waals surface area contributed by atoms with Gasteiger partial charge in [-0.05, 0) is 52.9 Å². The number of H-pyrrole nitrogens is 1. The van der Waals surface area contributed by atoms with Crippen LogP contribution >= 0.6 is 15.9 Å². The fourth-order valence-corrected chi connectivity index (χ4v) is 6.78. The standard InChI is InChI=1S/C31H25BrN2/c32-22-15-16-26-25(19-22)23-17-18-34-27-14-8-7-13-24(27)28(20-9-3-1-4-10-20)29(31(34)30(23)33-26)21-11-5-2-6-12-21/h1-16,19,28-29,31,33H,17-18H2/t28-,29+,31+/m1/s1. The molecule has 4 aromatic carbocycles. The highest BCUT2D eigenvalue weighted by atomic mass is 79.9. The summed E-state index contributed by atoms with van der Waals surface area (Å²) >= 11 is 3.70. The van der Waals surface area contributed by atoms with Crippen LogP contribution in [-0.2, 0) is 6.42 Å². The van der Waals surface area contributed by atoms with Crippen LogP contribution in [0.15, 0.2) is 108 Å². The number of hydrogen-bond donors (Lipinski definition) is 1. The minimum absolute atomic E-state index is 0.248. The van der Waals surface area contributed by atoms with E-state index >= 15 is 0 Å². The third-order valence-electron chi connectivity index (χ3n) is 7.76. The maximum atomic E-state index is 3.88. The number of fused-ring (bicyclic) bond motifs is 7. The number of halogens is 1. The summed E-state index contributed by atoms with van der Waals surface area (Å²) in [5.41, 5.74) is 9.67. The largest absolute Gasteiger partial charge is 0.362 e. The highest BCUT2D eigenvalue weighted by molar-refractivity contribution is 9.10. The molecule has 3 heterocycles. The van der Waals surface area contributed by atoms with Gasteiger partial charge in [-0.2, -0.15) is 0 Å². The van der Waals surface area contributed by atoms with E-state index in [1.165, 1.54) is 44.5 Å². The zero-order valence-corrected chi connectivity index (χ0v) is 20.4. The molecule has 34 heavy (non-hydrogen) atoms. The van der Waals surface area contributed by atoms with E-state index < -0.39 is 0 Å². The molecule has 0 saturated heterocycles. The van der Waals surface area contributed by atoms with Crippen molar-refractivity contribution in [1.29, 1.82) is 0 Å². The summed E-state index contributed by atoms with van der Waals surface area (Å²) in [4.78, 5) is 6.55. The number of hydrogen-bond acceptors (Lipinski definition) is 1. The van der Waals surface area contributed by atoms with E-state index in [0.717, 1.165) is 17.4 Å². The second-order valence-corrected chi connectivity index (χ2v) is 10.4. The summed E-state index contributed by atoms with van der Waals surface area (Å²) in [5, 5.41) is 1.35. The van der Waals surface area contributed by atoms with Crippen LogP contribution in [0.25, 0.3) is 10.9 Å². The van der Waals surface area contributed by atoms with Crippen molar-refractivity contribution in [3.05, 3.63) is 136 Å². The minimum Gasteiger partial charge on any atom is -0.362 e. The lowest BCUT2D eigenvalue weighted by atomic mass is 9.68. The molecule has 0 amide bonds. The lowest BCUT2D eigenvalue weighted by molar-refractivity contribution is 0.420. The Bertz CT molecular complexity index is 1490. The van der Waals surface area contributed by atoms with Crippen LogP contribution in [0.1, 0.15) is 45.8 Å². The van der Waals surface area contributed by atoms with Crippen LogP contribution in [0.5, 0.6) is 0 Å². The summed E-state index contributed by atoms with van der Waals surface area (Å²) < 4.78 is 1.14. The molecule has 7 rings (SSSR count). The van der Waals surface area contributed by atoms with Crippen LogP contribution in [0, 0.1) is 0 Å². The Morgan fingerprint density at radius 3 is 2.26 bits per heavy atom. The molecule has 2 nitrogen and oxygen atoms in total. The maximum absolute atomic E-state index is 3.88. The van der Waals surface area contributed by atoms with Crippen molar-refractivity contribution in [3.63, 3.8) is 0 Å². The highest BCUT2D eigenvalue weighted by Gasteiger charge is 2.46. The van der Waals surface area contributed by atoms with Crippen molar-refractivity contribution < 1.29 is 0 Å². The average molecular weight is 505 g/mol. The maximum Gasteiger partial charge on any atom is 0.0772 e. The predicted molar refractivity (Wildman–Crippen MR) is 144 cm³/mol. The third kappa shape index (κ3) is 3.00. The van der Waals surface area contributed by atoms with Gasteiger partial charge in [0.2, 0.25) is 0 Å². The van der Waals surface area contributed by atoms with Crippen LogP contribution in [-0.4, -0.2) is 11.5 Å². The number of nitrogens with zero attached hydrogens (tertiary/aromatic N) is 1. The normalized spacial score (nSPS) is 21.1. The van der Waals surface area contributed by atoms with Gasteiger partial charge in [0.15, 0.2) is 0 Å². The topological polar surface area (TPSA) is 19.0 Å². The van der Waals surface area contributed by atoms with Gasteiger partial charge in [0, 0.05) is 45.1 Å². The van der Waals surface area contributed by atoms with E-state index in [1.54, 1.807) is 0 Å². The monoisotopic (exact) mass is 504 g/mol. The number of aromatic nitrogens is 1. The van der Waals surface area contributed by atoms with Crippen LogP contribution < -0.4 is 4.90 Å². The molecule has 0 fully saturated rings. The first-order valence-electron chi connectivity index (χ1n) is 12.0. The van der Waals surface area contributed by atoms with E-state index in [-0.39, 0.29) is 12.0 Å². The van der Waals surface area contributed by atoms with Gasteiger partial charge >= 0.3 is 0 Å². The summed E-state index contributed by atoms with van der Waals surface area (Å²) in [7, 11) is 0. The molecule has 5 aromatic rings. The van der Waals surface area contributed by atoms with Gasteiger partial charge < -0.3 is 9.88 Å². The zero-order chi connectivity index (χ0) is 22.6. The van der Waals surface area contributed by atoms with E-state index in [1.807, 2.05) is 0 Å². The van der Waals surface area contributed by atoms with Crippen molar-refractivity contribution in [2.75, 3.05) is 11.4 Å². The molecule has 2 aliphatic rings. The van der Waals surface area contributed by atoms with Gasteiger partial charge in [0.25, 0.3) is 0 Å². The fraction of sp³-hybridized carbons (Fsp3) is 0.161. The van der Waals surface area contributed by atoms with Gasteiger partial charge in [0.05, 0.1) is 6.04 Å². The molecule has 1 aromatic heterocycles. The highest BCUT2D eigenvalue weighted by Crippen LogP contribution is 2.57. The minimum atomic E-state index is 0.248. The van der Waals surface area contributed by atoms with Crippen molar-refractivity contribution >= 4 is 32.5 Å². The Morgan fingerprint density at radius 1 is 0.765 bits per heavy atom. The summed E-state index contributed by atoms with van der Waals surface area (Å²) in [6, 6.07) is 38.2. The lowest BCUT2D eigenvalue weighted by Crippen LogP contribution is -2.44. The smallest absolute Gasteiger partial charge is 0.0772 e. The van der Waals surface area contributed by atoms with Gasteiger partial charge in [-0.25, -0.2) is 0 Å².